The highest BCUT2D eigenvalue weighted by Gasteiger charge is 2.23. The Labute approximate surface area is 229 Å². The number of alkyl halides is 1. The van der Waals surface area contributed by atoms with Gasteiger partial charge in [-0.2, -0.15) is 0 Å². The van der Waals surface area contributed by atoms with Gasteiger partial charge in [0.25, 0.3) is 11.9 Å². The number of carbonyl (C=O) groups is 1. The highest BCUT2D eigenvalue weighted by molar-refractivity contribution is 5.94. The maximum atomic E-state index is 12.7. The van der Waals surface area contributed by atoms with Crippen LogP contribution in [-0.2, 0) is 11.2 Å². The summed E-state index contributed by atoms with van der Waals surface area (Å²) in [6.45, 7) is 2.62. The van der Waals surface area contributed by atoms with E-state index < -0.39 is 18.3 Å². The lowest BCUT2D eigenvalue weighted by Crippen LogP contribution is -2.18. The van der Waals surface area contributed by atoms with E-state index in [2.05, 4.69) is 20.1 Å². The van der Waals surface area contributed by atoms with Crippen molar-refractivity contribution in [2.45, 2.75) is 26.2 Å². The first kappa shape index (κ1) is 29.5. The lowest BCUT2D eigenvalue weighted by molar-refractivity contribution is -0.134. The van der Waals surface area contributed by atoms with E-state index in [1.165, 1.54) is 12.4 Å². The second kappa shape index (κ2) is 14.2. The quantitative estimate of drug-likeness (QED) is 0.161. The maximum absolute atomic E-state index is 12.7. The molecule has 0 spiro atoms. The van der Waals surface area contributed by atoms with Crippen LogP contribution in [0.15, 0.2) is 65.7 Å². The largest absolute Gasteiger partial charge is 0.490 e. The first-order valence-electron chi connectivity index (χ1n) is 12.3. The Bertz CT molecular complexity index is 1470. The van der Waals surface area contributed by atoms with Crippen LogP contribution in [0.1, 0.15) is 42.3 Å². The zero-order chi connectivity index (χ0) is 29.1. The number of halogens is 1. The molecule has 0 aliphatic heterocycles. The number of aromatic nitrogens is 5. The Morgan fingerprint density at radius 3 is 2.42 bits per heavy atom. The fourth-order valence-electron chi connectivity index (χ4n) is 3.74. The first-order valence-corrected chi connectivity index (χ1v) is 12.3. The van der Waals surface area contributed by atoms with Crippen molar-refractivity contribution in [2.75, 3.05) is 19.9 Å². The molecule has 2 aromatic carbocycles. The molecule has 4 rings (SSSR count). The fraction of sp³-hybridized carbons (Fsp3) is 0.259. The Morgan fingerprint density at radius 2 is 1.82 bits per heavy atom. The molecule has 40 heavy (non-hydrogen) atoms. The number of hydrogen-bond acceptors (Lipinski definition) is 8. The summed E-state index contributed by atoms with van der Waals surface area (Å²) in [5, 5.41) is 19.5. The molecule has 12 nitrogen and oxygen atoms in total. The van der Waals surface area contributed by atoms with Gasteiger partial charge >= 0.3 is 5.69 Å². The van der Waals surface area contributed by atoms with Gasteiger partial charge in [-0.25, -0.2) is 19.2 Å². The van der Waals surface area contributed by atoms with E-state index in [1.807, 2.05) is 31.2 Å². The molecule has 0 saturated heterocycles. The summed E-state index contributed by atoms with van der Waals surface area (Å²) in [7, 11) is 0. The van der Waals surface area contributed by atoms with E-state index in [9.17, 15) is 9.18 Å². The van der Waals surface area contributed by atoms with Gasteiger partial charge in [-0.3, -0.25) is 15.2 Å². The molecule has 5 N–H and O–H groups in total. The molecule has 1 unspecified atom stereocenters. The number of benzene rings is 2. The van der Waals surface area contributed by atoms with E-state index in [0.29, 0.717) is 35.9 Å². The second-order valence-electron chi connectivity index (χ2n) is 8.34. The average Bonchev–Trinajstić information content (AvgIpc) is 3.32. The topological polar surface area (TPSA) is 182 Å². The van der Waals surface area contributed by atoms with Crippen molar-refractivity contribution >= 4 is 11.8 Å². The van der Waals surface area contributed by atoms with Crippen LogP contribution in [-0.4, -0.2) is 61.5 Å². The molecule has 2 aromatic heterocycles. The minimum Gasteiger partial charge on any atom is -0.490 e. The molecule has 0 saturated carbocycles. The number of nitrogens with one attached hydrogen (secondary N) is 2. The number of hydrogen-bond donors (Lipinski definition) is 4. The number of nitrogens with zero attached hydrogens (tertiary/aromatic N) is 4. The molecule has 13 heteroatoms. The SMILES string of the molecule is CC(=O)O.CCOc1cc(C(Cc2ccc(C(=N)N)cc2)c2nn(-c3ncccn3)c(=O)[nH]2)ccc1OCCF. The Kier molecular flexibility index (Phi) is 10.5. The van der Waals surface area contributed by atoms with Gasteiger partial charge in [0, 0.05) is 30.8 Å². The lowest BCUT2D eigenvalue weighted by Gasteiger charge is -2.18. The highest BCUT2D eigenvalue weighted by Crippen LogP contribution is 2.34. The number of rotatable bonds is 11. The third kappa shape index (κ3) is 7.96. The van der Waals surface area contributed by atoms with Crippen LogP contribution >= 0.6 is 0 Å². The summed E-state index contributed by atoms with van der Waals surface area (Å²) < 4.78 is 25.0. The van der Waals surface area contributed by atoms with Gasteiger partial charge in [0.15, 0.2) is 11.5 Å². The van der Waals surface area contributed by atoms with Crippen molar-refractivity contribution in [1.29, 1.82) is 5.41 Å². The number of amidine groups is 1. The van der Waals surface area contributed by atoms with Gasteiger partial charge in [0.1, 0.15) is 24.9 Å². The second-order valence-corrected chi connectivity index (χ2v) is 8.34. The van der Waals surface area contributed by atoms with E-state index in [4.69, 9.17) is 30.5 Å². The molecule has 0 fully saturated rings. The fourth-order valence-corrected chi connectivity index (χ4v) is 3.74. The van der Waals surface area contributed by atoms with Crippen molar-refractivity contribution in [2.24, 2.45) is 5.73 Å². The van der Waals surface area contributed by atoms with Crippen LogP contribution in [0, 0.1) is 5.41 Å². The van der Waals surface area contributed by atoms with E-state index in [-0.39, 0.29) is 24.3 Å². The van der Waals surface area contributed by atoms with Gasteiger partial charge in [0.05, 0.1) is 6.61 Å². The molecular formula is C27H30FN7O5. The zero-order valence-electron chi connectivity index (χ0n) is 22.0. The number of aliphatic carboxylic acids is 1. The molecule has 0 radical (unpaired) electrons. The molecule has 0 aliphatic carbocycles. The maximum Gasteiger partial charge on any atom is 0.350 e. The summed E-state index contributed by atoms with van der Waals surface area (Å²) in [6, 6.07) is 14.3. The third-order valence-corrected chi connectivity index (χ3v) is 5.42. The number of carboxylic acids is 1. The number of aromatic amines is 1. The van der Waals surface area contributed by atoms with Crippen LogP contribution in [0.3, 0.4) is 0 Å². The zero-order valence-corrected chi connectivity index (χ0v) is 22.0. The highest BCUT2D eigenvalue weighted by atomic mass is 19.1. The van der Waals surface area contributed by atoms with Crippen LogP contribution < -0.4 is 20.9 Å². The van der Waals surface area contributed by atoms with Crippen LogP contribution in [0.25, 0.3) is 5.95 Å². The van der Waals surface area contributed by atoms with Crippen molar-refractivity contribution in [3.63, 3.8) is 0 Å². The number of ether oxygens (including phenoxy) is 2. The van der Waals surface area contributed by atoms with Crippen molar-refractivity contribution in [3.05, 3.63) is 93.9 Å². The van der Waals surface area contributed by atoms with Crippen molar-refractivity contribution in [3.8, 4) is 17.4 Å². The number of H-pyrrole nitrogens is 1. The number of carboxylic acid groups (broad SMARTS) is 1. The molecule has 0 aliphatic rings. The molecule has 4 aromatic rings. The van der Waals surface area contributed by atoms with Gasteiger partial charge in [-0.05, 0) is 42.7 Å². The smallest absolute Gasteiger partial charge is 0.350 e. The summed E-state index contributed by atoms with van der Waals surface area (Å²) in [5.74, 6) is 0.213. The van der Waals surface area contributed by atoms with Gasteiger partial charge in [-0.1, -0.05) is 30.3 Å². The monoisotopic (exact) mass is 551 g/mol. The summed E-state index contributed by atoms with van der Waals surface area (Å²) in [5.41, 5.74) is 7.47. The average molecular weight is 552 g/mol. The van der Waals surface area contributed by atoms with Gasteiger partial charge in [-0.15, -0.1) is 9.78 Å². The molecule has 2 heterocycles. The number of nitrogens with two attached hydrogens (primary N) is 1. The summed E-state index contributed by atoms with van der Waals surface area (Å²) >= 11 is 0. The van der Waals surface area contributed by atoms with E-state index in [0.717, 1.165) is 22.7 Å². The van der Waals surface area contributed by atoms with Crippen molar-refractivity contribution < 1.29 is 23.8 Å². The van der Waals surface area contributed by atoms with Crippen LogP contribution in [0.4, 0.5) is 4.39 Å². The normalized spacial score (nSPS) is 11.2. The van der Waals surface area contributed by atoms with Crippen molar-refractivity contribution in [1.82, 2.24) is 24.7 Å². The molecule has 0 amide bonds. The molecular weight excluding hydrogens is 521 g/mol. The lowest BCUT2D eigenvalue weighted by atomic mass is 9.90. The summed E-state index contributed by atoms with van der Waals surface area (Å²) in [6.07, 6.45) is 3.53. The third-order valence-electron chi connectivity index (χ3n) is 5.42. The Morgan fingerprint density at radius 1 is 1.15 bits per heavy atom. The molecule has 0 bridgehead atoms. The number of nitrogen functional groups attached to an aromatic ring is 1. The predicted molar refractivity (Wildman–Crippen MR) is 145 cm³/mol. The van der Waals surface area contributed by atoms with Gasteiger partial charge < -0.3 is 20.3 Å². The standard InChI is InChI=1S/C25H26FN7O3.C2H4O2/c1-2-35-21-15-18(8-9-20(21)36-13-10-26)19(14-16-4-6-17(7-5-16)22(27)28)23-31-25(34)33(32-23)24-29-11-3-12-30-24;1-2(3)4/h3-9,11-12,15,19H,2,10,13-14H2,1H3,(H3,27,28)(H,31,32,34);1H3,(H,3,4). The summed E-state index contributed by atoms with van der Waals surface area (Å²) in [4.78, 5) is 32.8. The van der Waals surface area contributed by atoms with Crippen LogP contribution in [0.2, 0.25) is 0 Å². The molecule has 210 valence electrons. The molecule has 1 atom stereocenters. The van der Waals surface area contributed by atoms with Crippen LogP contribution in [0.5, 0.6) is 11.5 Å². The Hall–Kier alpha value is -5.07. The minimum atomic E-state index is -0.833. The first-order chi connectivity index (χ1) is 19.2. The predicted octanol–water partition coefficient (Wildman–Crippen LogP) is 2.85. The minimum absolute atomic E-state index is 0.0192. The Balaban J connectivity index is 0.00000103. The van der Waals surface area contributed by atoms with E-state index >= 15 is 0 Å². The van der Waals surface area contributed by atoms with E-state index in [1.54, 1.807) is 24.3 Å². The van der Waals surface area contributed by atoms with Gasteiger partial charge in [0.2, 0.25) is 0 Å².